The normalized spacial score (nSPS) is 14.3. The van der Waals surface area contributed by atoms with E-state index in [1.54, 1.807) is 43.0 Å². The zero-order chi connectivity index (χ0) is 25.2. The standard InChI is InChI=1S/C26H27ClFN3O4/c1-26(2,34)19-6-3-17(4-7-19)22-16-21(27)20-8-5-18(15-23(20)29-22)24(32)30-10-12-31(13-11-30)25(33)35-14-9-28/h3-8,15-16,34H,9-14H2,1-2H3. The molecule has 3 aromatic rings. The number of aromatic nitrogens is 1. The van der Waals surface area contributed by atoms with Gasteiger partial charge in [-0.15, -0.1) is 0 Å². The van der Waals surface area contributed by atoms with E-state index in [9.17, 15) is 19.1 Å². The third-order valence-electron chi connectivity index (χ3n) is 6.02. The van der Waals surface area contributed by atoms with E-state index in [1.807, 2.05) is 24.3 Å². The molecule has 0 spiro atoms. The average Bonchev–Trinajstić information content (AvgIpc) is 2.86. The van der Waals surface area contributed by atoms with Gasteiger partial charge in [-0.3, -0.25) is 4.79 Å². The zero-order valence-electron chi connectivity index (χ0n) is 19.6. The Morgan fingerprint density at radius 3 is 2.34 bits per heavy atom. The van der Waals surface area contributed by atoms with E-state index in [0.29, 0.717) is 48.0 Å². The van der Waals surface area contributed by atoms with Crippen molar-refractivity contribution in [2.24, 2.45) is 0 Å². The van der Waals surface area contributed by atoms with Crippen molar-refractivity contribution in [3.63, 3.8) is 0 Å². The number of carbonyl (C=O) groups excluding carboxylic acids is 2. The van der Waals surface area contributed by atoms with Gasteiger partial charge in [0.25, 0.3) is 5.91 Å². The summed E-state index contributed by atoms with van der Waals surface area (Å²) in [6.45, 7) is 3.80. The zero-order valence-corrected chi connectivity index (χ0v) is 20.4. The van der Waals surface area contributed by atoms with Crippen LogP contribution < -0.4 is 0 Å². The van der Waals surface area contributed by atoms with Gasteiger partial charge in [0, 0.05) is 42.7 Å². The minimum absolute atomic E-state index is 0.165. The van der Waals surface area contributed by atoms with Gasteiger partial charge in [0.05, 0.1) is 21.8 Å². The number of benzene rings is 2. The van der Waals surface area contributed by atoms with Crippen LogP contribution in [-0.4, -0.2) is 71.4 Å². The van der Waals surface area contributed by atoms with Crippen LogP contribution in [0.4, 0.5) is 9.18 Å². The van der Waals surface area contributed by atoms with E-state index in [2.05, 4.69) is 0 Å². The van der Waals surface area contributed by atoms with Crippen molar-refractivity contribution in [1.29, 1.82) is 0 Å². The summed E-state index contributed by atoms with van der Waals surface area (Å²) in [4.78, 5) is 32.9. The van der Waals surface area contributed by atoms with Gasteiger partial charge in [-0.05, 0) is 37.6 Å². The molecule has 0 saturated carbocycles. The average molecular weight is 500 g/mol. The molecule has 2 heterocycles. The number of carbonyl (C=O) groups is 2. The monoisotopic (exact) mass is 499 g/mol. The largest absolute Gasteiger partial charge is 0.447 e. The predicted molar refractivity (Wildman–Crippen MR) is 132 cm³/mol. The van der Waals surface area contributed by atoms with Crippen molar-refractivity contribution in [3.8, 4) is 11.3 Å². The summed E-state index contributed by atoms with van der Waals surface area (Å²) in [5, 5.41) is 11.5. The molecule has 0 atom stereocenters. The molecule has 7 nitrogen and oxygen atoms in total. The fourth-order valence-electron chi connectivity index (χ4n) is 4.01. The van der Waals surface area contributed by atoms with Crippen LogP contribution in [0.25, 0.3) is 22.2 Å². The second kappa shape index (κ2) is 10.2. The fraction of sp³-hybridized carbons (Fsp3) is 0.346. The van der Waals surface area contributed by atoms with Crippen LogP contribution in [0.3, 0.4) is 0 Å². The Morgan fingerprint density at radius 1 is 1.06 bits per heavy atom. The van der Waals surface area contributed by atoms with E-state index >= 15 is 0 Å². The Balaban J connectivity index is 1.53. The number of pyridine rings is 1. The van der Waals surface area contributed by atoms with Gasteiger partial charge in [-0.25, -0.2) is 14.2 Å². The summed E-state index contributed by atoms with van der Waals surface area (Å²) in [6.07, 6.45) is -0.567. The fourth-order valence-corrected chi connectivity index (χ4v) is 4.27. The highest BCUT2D eigenvalue weighted by Crippen LogP contribution is 2.30. The molecular weight excluding hydrogens is 473 g/mol. The Bertz CT molecular complexity index is 1240. The van der Waals surface area contributed by atoms with Crippen LogP contribution in [0.5, 0.6) is 0 Å². The first kappa shape index (κ1) is 24.9. The predicted octanol–water partition coefficient (Wildman–Crippen LogP) is 4.65. The van der Waals surface area contributed by atoms with E-state index in [0.717, 1.165) is 16.5 Å². The van der Waals surface area contributed by atoms with E-state index in [4.69, 9.17) is 21.3 Å². The molecule has 0 bridgehead atoms. The van der Waals surface area contributed by atoms with Crippen LogP contribution in [0, 0.1) is 0 Å². The molecule has 9 heteroatoms. The van der Waals surface area contributed by atoms with Crippen LogP contribution in [0.15, 0.2) is 48.5 Å². The maximum absolute atomic E-state index is 13.1. The first-order valence-electron chi connectivity index (χ1n) is 11.4. The summed E-state index contributed by atoms with van der Waals surface area (Å²) in [5.41, 5.74) is 2.42. The molecule has 184 valence electrons. The van der Waals surface area contributed by atoms with E-state index in [1.165, 1.54) is 4.90 Å². The Kier molecular flexibility index (Phi) is 7.23. The molecule has 0 aliphatic carbocycles. The van der Waals surface area contributed by atoms with Gasteiger partial charge in [0.15, 0.2) is 0 Å². The maximum atomic E-state index is 13.1. The van der Waals surface area contributed by atoms with Crippen molar-refractivity contribution < 1.29 is 23.8 Å². The topological polar surface area (TPSA) is 83.0 Å². The number of alkyl halides is 1. The molecule has 0 unspecified atom stereocenters. The minimum Gasteiger partial charge on any atom is -0.447 e. The first-order valence-corrected chi connectivity index (χ1v) is 11.8. The molecule has 2 amide bonds. The molecule has 1 fully saturated rings. The molecule has 1 aromatic heterocycles. The molecule has 2 aromatic carbocycles. The highest BCUT2D eigenvalue weighted by Gasteiger charge is 2.26. The number of amides is 2. The summed E-state index contributed by atoms with van der Waals surface area (Å²) < 4.78 is 17.0. The summed E-state index contributed by atoms with van der Waals surface area (Å²) in [6, 6.07) is 14.5. The summed E-state index contributed by atoms with van der Waals surface area (Å²) >= 11 is 6.53. The van der Waals surface area contributed by atoms with Crippen molar-refractivity contribution in [2.75, 3.05) is 39.5 Å². The number of aliphatic hydroxyl groups is 1. The molecule has 35 heavy (non-hydrogen) atoms. The molecular formula is C26H27ClFN3O4. The lowest BCUT2D eigenvalue weighted by atomic mass is 9.96. The van der Waals surface area contributed by atoms with Crippen molar-refractivity contribution in [3.05, 3.63) is 64.7 Å². The number of rotatable bonds is 5. The number of hydrogen-bond donors (Lipinski definition) is 1. The second-order valence-corrected chi connectivity index (χ2v) is 9.35. The molecule has 1 aliphatic heterocycles. The lowest BCUT2D eigenvalue weighted by molar-refractivity contribution is 0.0548. The van der Waals surface area contributed by atoms with Gasteiger partial charge >= 0.3 is 6.09 Å². The molecule has 1 saturated heterocycles. The third kappa shape index (κ3) is 5.55. The molecule has 1 aliphatic rings. The first-order chi connectivity index (χ1) is 16.7. The number of hydrogen-bond acceptors (Lipinski definition) is 5. The van der Waals surface area contributed by atoms with Gasteiger partial charge < -0.3 is 19.6 Å². The van der Waals surface area contributed by atoms with Crippen molar-refractivity contribution in [1.82, 2.24) is 14.8 Å². The third-order valence-corrected chi connectivity index (χ3v) is 6.33. The van der Waals surface area contributed by atoms with Gasteiger partial charge in [0.1, 0.15) is 13.3 Å². The van der Waals surface area contributed by atoms with E-state index < -0.39 is 18.4 Å². The lowest BCUT2D eigenvalue weighted by Crippen LogP contribution is -2.50. The smallest absolute Gasteiger partial charge is 0.409 e. The summed E-state index contributed by atoms with van der Waals surface area (Å²) in [5.74, 6) is -0.165. The molecule has 1 N–H and O–H groups in total. The maximum Gasteiger partial charge on any atom is 0.409 e. The highest BCUT2D eigenvalue weighted by molar-refractivity contribution is 6.35. The molecule has 0 radical (unpaired) electrons. The quantitative estimate of drug-likeness (QED) is 0.552. The second-order valence-electron chi connectivity index (χ2n) is 8.94. The molecule has 4 rings (SSSR count). The Hall–Kier alpha value is -3.23. The van der Waals surface area contributed by atoms with Gasteiger partial charge in [-0.1, -0.05) is 41.9 Å². The SMILES string of the molecule is CC(C)(O)c1ccc(-c2cc(Cl)c3ccc(C(=O)N4CCN(C(=O)OCCF)CC4)cc3n2)cc1. The van der Waals surface area contributed by atoms with Crippen molar-refractivity contribution >= 4 is 34.5 Å². The van der Waals surface area contributed by atoms with Crippen LogP contribution in [0.2, 0.25) is 5.02 Å². The number of nitrogens with zero attached hydrogens (tertiary/aromatic N) is 3. The number of halogens is 2. The highest BCUT2D eigenvalue weighted by atomic mass is 35.5. The Labute approximate surface area is 208 Å². The van der Waals surface area contributed by atoms with Gasteiger partial charge in [-0.2, -0.15) is 0 Å². The van der Waals surface area contributed by atoms with Crippen LogP contribution >= 0.6 is 11.6 Å². The lowest BCUT2D eigenvalue weighted by Gasteiger charge is -2.34. The number of ether oxygens (including phenoxy) is 1. The number of piperazine rings is 1. The summed E-state index contributed by atoms with van der Waals surface area (Å²) in [7, 11) is 0. The van der Waals surface area contributed by atoms with Crippen LogP contribution in [-0.2, 0) is 10.3 Å². The number of fused-ring (bicyclic) bond motifs is 1. The van der Waals surface area contributed by atoms with Crippen molar-refractivity contribution in [2.45, 2.75) is 19.4 Å². The minimum atomic E-state index is -0.942. The van der Waals surface area contributed by atoms with Gasteiger partial charge in [0.2, 0.25) is 0 Å². The Morgan fingerprint density at radius 2 is 1.71 bits per heavy atom. The van der Waals surface area contributed by atoms with E-state index in [-0.39, 0.29) is 12.5 Å². The van der Waals surface area contributed by atoms with Crippen LogP contribution in [0.1, 0.15) is 29.8 Å².